The summed E-state index contributed by atoms with van der Waals surface area (Å²) in [6.45, 7) is 6.70. The maximum atomic E-state index is 13.6. The molecule has 0 bridgehead atoms. The highest BCUT2D eigenvalue weighted by Gasteiger charge is 2.26. The molecule has 6 nitrogen and oxygen atoms in total. The number of hydrogen-bond acceptors (Lipinski definition) is 6. The molecule has 1 fully saturated rings. The number of aromatic nitrogens is 2. The number of carbonyl (C=O) groups is 1. The number of nitrogens with zero attached hydrogens (tertiary/aromatic N) is 3. The van der Waals surface area contributed by atoms with E-state index in [0.717, 1.165) is 30.6 Å². The molecule has 1 aliphatic rings. The van der Waals surface area contributed by atoms with Crippen LogP contribution in [0.4, 0.5) is 0 Å². The van der Waals surface area contributed by atoms with Crippen LogP contribution in [0.2, 0.25) is 5.02 Å². The second kappa shape index (κ2) is 10.6. The summed E-state index contributed by atoms with van der Waals surface area (Å²) in [4.78, 5) is 33.9. The second-order valence-electron chi connectivity index (χ2n) is 8.69. The first-order chi connectivity index (χ1) is 15.9. The van der Waals surface area contributed by atoms with Crippen molar-refractivity contribution in [3.05, 3.63) is 45.0 Å². The average molecular weight is 506 g/mol. The van der Waals surface area contributed by atoms with Gasteiger partial charge in [0.15, 0.2) is 5.16 Å². The first-order valence-corrected chi connectivity index (χ1v) is 13.3. The van der Waals surface area contributed by atoms with Crippen molar-refractivity contribution in [3.63, 3.8) is 0 Å². The fraction of sp³-hybridized carbons (Fsp3) is 0.458. The zero-order valence-electron chi connectivity index (χ0n) is 19.0. The van der Waals surface area contributed by atoms with Crippen LogP contribution in [-0.4, -0.2) is 52.9 Å². The van der Waals surface area contributed by atoms with E-state index in [1.165, 1.54) is 23.1 Å². The molecular weight excluding hydrogens is 478 g/mol. The molecule has 1 saturated heterocycles. The Labute approximate surface area is 206 Å². The molecule has 3 heterocycles. The summed E-state index contributed by atoms with van der Waals surface area (Å²) < 4.78 is 6.86. The lowest BCUT2D eigenvalue weighted by atomic mass is 9.92. The summed E-state index contributed by atoms with van der Waals surface area (Å²) >= 11 is 9.15. The molecule has 2 atom stereocenters. The van der Waals surface area contributed by atoms with Crippen molar-refractivity contribution < 1.29 is 9.53 Å². The molecular formula is C24H28ClN3O3S2. The van der Waals surface area contributed by atoms with E-state index in [4.69, 9.17) is 21.3 Å². The van der Waals surface area contributed by atoms with Gasteiger partial charge in [0, 0.05) is 41.7 Å². The highest BCUT2D eigenvalue weighted by atomic mass is 35.5. The van der Waals surface area contributed by atoms with Crippen LogP contribution >= 0.6 is 34.7 Å². The Morgan fingerprint density at radius 1 is 1.24 bits per heavy atom. The number of thiophene rings is 1. The topological polar surface area (TPSA) is 64.4 Å². The third kappa shape index (κ3) is 5.29. The minimum absolute atomic E-state index is 0.0916. The predicted molar refractivity (Wildman–Crippen MR) is 136 cm³/mol. The summed E-state index contributed by atoms with van der Waals surface area (Å²) in [6, 6.07) is 7.49. The van der Waals surface area contributed by atoms with E-state index in [1.54, 1.807) is 11.7 Å². The molecule has 0 spiro atoms. The van der Waals surface area contributed by atoms with Gasteiger partial charge in [-0.1, -0.05) is 55.4 Å². The highest BCUT2D eigenvalue weighted by molar-refractivity contribution is 7.99. The van der Waals surface area contributed by atoms with Gasteiger partial charge in [-0.3, -0.25) is 14.2 Å². The Hall–Kier alpha value is -1.87. The second-order valence-corrected chi connectivity index (χ2v) is 10.9. The number of rotatable bonds is 7. The Morgan fingerprint density at radius 2 is 1.97 bits per heavy atom. The van der Waals surface area contributed by atoms with Crippen LogP contribution in [0.1, 0.15) is 20.3 Å². The molecule has 3 aromatic rings. The number of methoxy groups -OCH3 is 1. The lowest BCUT2D eigenvalue weighted by molar-refractivity contribution is -0.130. The lowest BCUT2D eigenvalue weighted by Crippen LogP contribution is -2.43. The number of likely N-dealkylation sites (tertiary alicyclic amines) is 1. The Balaban J connectivity index is 1.66. The number of halogens is 1. The van der Waals surface area contributed by atoms with Gasteiger partial charge < -0.3 is 9.64 Å². The summed E-state index contributed by atoms with van der Waals surface area (Å²) in [7, 11) is 1.60. The van der Waals surface area contributed by atoms with Crippen LogP contribution in [0.25, 0.3) is 21.3 Å². The van der Waals surface area contributed by atoms with Crippen molar-refractivity contribution in [2.24, 2.45) is 11.8 Å². The Kier molecular flexibility index (Phi) is 7.79. The number of piperidine rings is 1. The van der Waals surface area contributed by atoms with Crippen molar-refractivity contribution in [2.45, 2.75) is 32.0 Å². The molecule has 9 heteroatoms. The molecule has 2 aromatic heterocycles. The first kappa shape index (κ1) is 24.3. The van der Waals surface area contributed by atoms with Crippen LogP contribution < -0.4 is 5.56 Å². The van der Waals surface area contributed by atoms with Crippen molar-refractivity contribution >= 4 is 50.8 Å². The molecule has 33 heavy (non-hydrogen) atoms. The number of carbonyl (C=O) groups excluding carboxylic acids is 1. The maximum absolute atomic E-state index is 13.6. The van der Waals surface area contributed by atoms with Gasteiger partial charge in [0.05, 0.1) is 24.3 Å². The third-order valence-corrected chi connectivity index (χ3v) is 8.05. The molecule has 0 N–H and O–H groups in total. The lowest BCUT2D eigenvalue weighted by Gasteiger charge is -2.35. The van der Waals surface area contributed by atoms with Crippen LogP contribution in [-0.2, 0) is 16.1 Å². The van der Waals surface area contributed by atoms with Crippen molar-refractivity contribution in [1.29, 1.82) is 0 Å². The molecule has 176 valence electrons. The van der Waals surface area contributed by atoms with Crippen LogP contribution in [0.5, 0.6) is 0 Å². The van der Waals surface area contributed by atoms with E-state index >= 15 is 0 Å². The van der Waals surface area contributed by atoms with Crippen molar-refractivity contribution in [3.8, 4) is 11.1 Å². The fourth-order valence-corrected chi connectivity index (χ4v) is 6.60. The molecule has 1 amide bonds. The fourth-order valence-electron chi connectivity index (χ4n) is 4.46. The van der Waals surface area contributed by atoms with Gasteiger partial charge in [-0.2, -0.15) is 0 Å². The molecule has 0 aliphatic carbocycles. The van der Waals surface area contributed by atoms with Crippen LogP contribution in [0.3, 0.4) is 0 Å². The highest BCUT2D eigenvalue weighted by Crippen LogP contribution is 2.36. The van der Waals surface area contributed by atoms with Gasteiger partial charge in [0.25, 0.3) is 5.56 Å². The number of thioether (sulfide) groups is 1. The quantitative estimate of drug-likeness (QED) is 0.333. The van der Waals surface area contributed by atoms with Gasteiger partial charge >= 0.3 is 0 Å². The zero-order valence-corrected chi connectivity index (χ0v) is 21.4. The van der Waals surface area contributed by atoms with E-state index in [0.29, 0.717) is 45.4 Å². The molecule has 1 aromatic carbocycles. The maximum Gasteiger partial charge on any atom is 0.263 e. The van der Waals surface area contributed by atoms with Gasteiger partial charge in [0.1, 0.15) is 4.83 Å². The minimum Gasteiger partial charge on any atom is -0.383 e. The van der Waals surface area contributed by atoms with Crippen LogP contribution in [0.15, 0.2) is 39.6 Å². The van der Waals surface area contributed by atoms with E-state index in [-0.39, 0.29) is 17.2 Å². The van der Waals surface area contributed by atoms with Gasteiger partial charge in [0.2, 0.25) is 5.91 Å². The minimum atomic E-state index is -0.136. The Morgan fingerprint density at radius 3 is 2.67 bits per heavy atom. The van der Waals surface area contributed by atoms with Crippen LogP contribution in [0, 0.1) is 11.8 Å². The molecule has 0 radical (unpaired) electrons. The molecule has 0 saturated carbocycles. The SMILES string of the molecule is COCCn1c(SCC(=O)N2C[C@H](C)C[C@@H](C)C2)nc2scc(-c3ccccc3Cl)c2c1=O. The first-order valence-electron chi connectivity index (χ1n) is 11.1. The third-order valence-electron chi connectivity index (χ3n) is 5.89. The summed E-state index contributed by atoms with van der Waals surface area (Å²) in [6.07, 6.45) is 1.15. The molecule has 4 rings (SSSR count). The number of ether oxygens (including phenoxy) is 1. The van der Waals surface area contributed by atoms with Crippen molar-refractivity contribution in [2.75, 3.05) is 32.6 Å². The number of amides is 1. The largest absolute Gasteiger partial charge is 0.383 e. The zero-order chi connectivity index (χ0) is 23.5. The Bertz CT molecular complexity index is 1200. The van der Waals surface area contributed by atoms with Crippen molar-refractivity contribution in [1.82, 2.24) is 14.5 Å². The molecule has 1 aliphatic heterocycles. The predicted octanol–water partition coefficient (Wildman–Crippen LogP) is 5.02. The van der Waals surface area contributed by atoms with Gasteiger partial charge in [-0.25, -0.2) is 4.98 Å². The smallest absolute Gasteiger partial charge is 0.263 e. The number of benzene rings is 1. The summed E-state index contributed by atoms with van der Waals surface area (Å²) in [5.74, 6) is 1.36. The normalized spacial score (nSPS) is 18.7. The van der Waals surface area contributed by atoms with E-state index < -0.39 is 0 Å². The van der Waals surface area contributed by atoms with E-state index in [1.807, 2.05) is 34.5 Å². The van der Waals surface area contributed by atoms with Gasteiger partial charge in [-0.05, 0) is 24.3 Å². The van der Waals surface area contributed by atoms with E-state index in [9.17, 15) is 9.59 Å². The van der Waals surface area contributed by atoms with E-state index in [2.05, 4.69) is 13.8 Å². The number of hydrogen-bond donors (Lipinski definition) is 0. The molecule has 0 unspecified atom stereocenters. The standard InChI is InChI=1S/C24H28ClN3O3S2/c1-15-10-16(2)12-27(11-15)20(29)14-33-24-26-22-21(23(30)28(24)8-9-31-3)18(13-32-22)17-6-4-5-7-19(17)25/h4-7,13,15-16H,8-12,14H2,1-3H3/t15-,16-/m1/s1. The monoisotopic (exact) mass is 505 g/mol. The number of fused-ring (bicyclic) bond motifs is 1. The summed E-state index contributed by atoms with van der Waals surface area (Å²) in [5.41, 5.74) is 1.46. The van der Waals surface area contributed by atoms with Gasteiger partial charge in [-0.15, -0.1) is 11.3 Å². The average Bonchev–Trinajstić information content (AvgIpc) is 3.20. The summed E-state index contributed by atoms with van der Waals surface area (Å²) in [5, 5.41) is 3.62.